The molecule has 1 N–H and O–H groups in total. The van der Waals surface area contributed by atoms with E-state index in [1.165, 1.54) is 0 Å². The van der Waals surface area contributed by atoms with Gasteiger partial charge in [0.25, 0.3) is 0 Å². The summed E-state index contributed by atoms with van der Waals surface area (Å²) < 4.78 is 1.79. The number of fused-ring (bicyclic) bond motifs is 1. The molecule has 1 aliphatic carbocycles. The highest BCUT2D eigenvalue weighted by Crippen LogP contribution is 2.46. The maximum Gasteiger partial charge on any atom is 0.226 e. The Kier molecular flexibility index (Phi) is 4.49. The van der Waals surface area contributed by atoms with Crippen molar-refractivity contribution >= 4 is 34.9 Å². The Morgan fingerprint density at radius 3 is 2.53 bits per heavy atom. The van der Waals surface area contributed by atoms with Gasteiger partial charge in [-0.15, -0.1) is 5.10 Å². The minimum Gasteiger partial charge on any atom is -0.328 e. The van der Waals surface area contributed by atoms with Crippen molar-refractivity contribution < 1.29 is 4.79 Å². The quantitative estimate of drug-likeness (QED) is 0.539. The molecule has 0 radical (unpaired) electrons. The lowest BCUT2D eigenvalue weighted by atomic mass is 9.73. The third kappa shape index (κ3) is 3.22. The first-order chi connectivity index (χ1) is 14.3. The molecular formula is C23H20Cl2N4O. The molecule has 5 nitrogen and oxygen atoms in total. The van der Waals surface area contributed by atoms with Crippen LogP contribution in [-0.4, -0.2) is 20.5 Å². The molecule has 2 heterocycles. The second-order valence-electron chi connectivity index (χ2n) is 8.60. The van der Waals surface area contributed by atoms with Crippen molar-refractivity contribution in [3.8, 4) is 11.4 Å². The van der Waals surface area contributed by atoms with Crippen LogP contribution in [0, 0.1) is 5.41 Å². The summed E-state index contributed by atoms with van der Waals surface area (Å²) in [5.41, 5.74) is 3.25. The van der Waals surface area contributed by atoms with E-state index in [1.54, 1.807) is 4.68 Å². The second kappa shape index (κ2) is 6.96. The molecule has 30 heavy (non-hydrogen) atoms. The van der Waals surface area contributed by atoms with Crippen LogP contribution in [0.15, 0.2) is 59.8 Å². The molecule has 1 aliphatic heterocycles. The van der Waals surface area contributed by atoms with Crippen LogP contribution in [0.25, 0.3) is 11.4 Å². The molecule has 7 heteroatoms. The number of Topliss-reactive ketones (excluding diaryl/α,β-unsaturated/α-hetero) is 1. The van der Waals surface area contributed by atoms with Crippen molar-refractivity contribution in [3.05, 3.63) is 75.4 Å². The number of carbonyl (C=O) groups is 1. The lowest BCUT2D eigenvalue weighted by molar-refractivity contribution is -0.118. The van der Waals surface area contributed by atoms with E-state index < -0.39 is 0 Å². The highest BCUT2D eigenvalue weighted by atomic mass is 35.5. The number of rotatable bonds is 2. The minimum absolute atomic E-state index is 0.110. The van der Waals surface area contributed by atoms with Crippen LogP contribution >= 0.6 is 23.2 Å². The van der Waals surface area contributed by atoms with E-state index in [4.69, 9.17) is 33.3 Å². The summed E-state index contributed by atoms with van der Waals surface area (Å²) in [5.74, 6) is 1.26. The molecule has 2 aliphatic rings. The summed E-state index contributed by atoms with van der Waals surface area (Å²) in [6.07, 6.45) is 1.27. The van der Waals surface area contributed by atoms with Gasteiger partial charge in [0, 0.05) is 28.3 Å². The van der Waals surface area contributed by atoms with Gasteiger partial charge in [-0.1, -0.05) is 61.3 Å². The van der Waals surface area contributed by atoms with Gasteiger partial charge in [-0.05, 0) is 41.7 Å². The monoisotopic (exact) mass is 438 g/mol. The van der Waals surface area contributed by atoms with Crippen molar-refractivity contribution in [1.82, 2.24) is 14.8 Å². The van der Waals surface area contributed by atoms with Crippen molar-refractivity contribution in [1.29, 1.82) is 0 Å². The van der Waals surface area contributed by atoms with Gasteiger partial charge >= 0.3 is 0 Å². The number of ketones is 1. The first-order valence-corrected chi connectivity index (χ1v) is 10.6. The lowest BCUT2D eigenvalue weighted by Gasteiger charge is -2.38. The fraction of sp³-hybridized carbons (Fsp3) is 0.261. The van der Waals surface area contributed by atoms with Crippen LogP contribution in [0.2, 0.25) is 10.0 Å². The van der Waals surface area contributed by atoms with Crippen LogP contribution in [0.4, 0.5) is 5.95 Å². The summed E-state index contributed by atoms with van der Waals surface area (Å²) in [6, 6.07) is 14.7. The summed E-state index contributed by atoms with van der Waals surface area (Å²) >= 11 is 12.5. The Balaban J connectivity index is 1.69. The number of benzene rings is 2. The number of halogens is 2. The molecule has 5 rings (SSSR count). The fourth-order valence-corrected chi connectivity index (χ4v) is 4.67. The van der Waals surface area contributed by atoms with Crippen LogP contribution in [0.5, 0.6) is 0 Å². The number of nitrogens with zero attached hydrogens (tertiary/aromatic N) is 3. The Bertz CT molecular complexity index is 1190. The molecule has 0 spiro atoms. The maximum absolute atomic E-state index is 13.2. The molecule has 1 atom stereocenters. The second-order valence-corrected chi connectivity index (χ2v) is 9.44. The number of carbonyl (C=O) groups excluding carboxylic acids is 1. The average Bonchev–Trinajstić information content (AvgIpc) is 3.10. The molecule has 2 aromatic carbocycles. The van der Waals surface area contributed by atoms with Crippen molar-refractivity contribution in [2.24, 2.45) is 5.41 Å². The number of hydrogen-bond acceptors (Lipinski definition) is 4. The molecule has 0 amide bonds. The van der Waals surface area contributed by atoms with Crippen LogP contribution in [0.3, 0.4) is 0 Å². The van der Waals surface area contributed by atoms with Crippen molar-refractivity contribution in [2.75, 3.05) is 5.32 Å². The van der Waals surface area contributed by atoms with Gasteiger partial charge in [-0.3, -0.25) is 4.79 Å². The smallest absolute Gasteiger partial charge is 0.226 e. The largest absolute Gasteiger partial charge is 0.328 e. The van der Waals surface area contributed by atoms with E-state index in [9.17, 15) is 4.79 Å². The highest BCUT2D eigenvalue weighted by Gasteiger charge is 2.41. The van der Waals surface area contributed by atoms with E-state index in [0.717, 1.165) is 28.8 Å². The Morgan fingerprint density at radius 2 is 1.80 bits per heavy atom. The van der Waals surface area contributed by atoms with Gasteiger partial charge in [-0.2, -0.15) is 4.98 Å². The van der Waals surface area contributed by atoms with E-state index in [0.29, 0.717) is 28.2 Å². The molecule has 1 unspecified atom stereocenters. The summed E-state index contributed by atoms with van der Waals surface area (Å²) in [5, 5.41) is 9.38. The molecule has 0 fully saturated rings. The van der Waals surface area contributed by atoms with Gasteiger partial charge in [0.1, 0.15) is 6.04 Å². The van der Waals surface area contributed by atoms with Gasteiger partial charge in [-0.25, -0.2) is 4.68 Å². The van der Waals surface area contributed by atoms with Gasteiger partial charge in [0.05, 0.1) is 5.02 Å². The van der Waals surface area contributed by atoms with Crippen LogP contribution in [0.1, 0.15) is 38.3 Å². The number of aromatic nitrogens is 3. The molecular weight excluding hydrogens is 419 g/mol. The fourth-order valence-electron chi connectivity index (χ4n) is 4.32. The van der Waals surface area contributed by atoms with Crippen molar-refractivity contribution in [2.45, 2.75) is 32.7 Å². The van der Waals surface area contributed by atoms with E-state index in [-0.39, 0.29) is 17.2 Å². The zero-order valence-corrected chi connectivity index (χ0v) is 18.1. The number of anilines is 1. The normalized spacial score (nSPS) is 19.9. The first kappa shape index (κ1) is 19.3. The Labute approximate surface area is 184 Å². The van der Waals surface area contributed by atoms with Gasteiger partial charge in [0.15, 0.2) is 11.6 Å². The number of nitrogens with one attached hydrogen (secondary N) is 1. The van der Waals surface area contributed by atoms with Crippen molar-refractivity contribution in [3.63, 3.8) is 0 Å². The summed E-state index contributed by atoms with van der Waals surface area (Å²) in [7, 11) is 0. The summed E-state index contributed by atoms with van der Waals surface area (Å²) in [6.45, 7) is 4.23. The molecule has 0 bridgehead atoms. The lowest BCUT2D eigenvalue weighted by Crippen LogP contribution is -2.36. The topological polar surface area (TPSA) is 59.8 Å². The Morgan fingerprint density at radius 1 is 1.07 bits per heavy atom. The third-order valence-electron chi connectivity index (χ3n) is 5.63. The van der Waals surface area contributed by atoms with Gasteiger partial charge < -0.3 is 5.32 Å². The van der Waals surface area contributed by atoms with Crippen LogP contribution < -0.4 is 5.32 Å². The predicted molar refractivity (Wildman–Crippen MR) is 119 cm³/mol. The minimum atomic E-state index is -0.360. The number of allylic oxidation sites excluding steroid dienone is 2. The third-order valence-corrected chi connectivity index (χ3v) is 6.21. The van der Waals surface area contributed by atoms with E-state index in [1.807, 2.05) is 48.5 Å². The molecule has 152 valence electrons. The first-order valence-electron chi connectivity index (χ1n) is 9.82. The predicted octanol–water partition coefficient (Wildman–Crippen LogP) is 5.91. The maximum atomic E-state index is 13.2. The zero-order chi connectivity index (χ0) is 21.0. The number of hydrogen-bond donors (Lipinski definition) is 1. The standard InChI is InChI=1S/C23H20Cl2N4O/c1-23(2)11-17-19(18(30)12-23)20(13-7-9-14(24)10-8-13)29-22(26-17)27-21(28-29)15-5-3-4-6-16(15)25/h3-10,20H,11-12H2,1-2H3,(H,26,27,28). The summed E-state index contributed by atoms with van der Waals surface area (Å²) in [4.78, 5) is 18.0. The van der Waals surface area contributed by atoms with Crippen LogP contribution in [-0.2, 0) is 4.79 Å². The Hall–Kier alpha value is -2.63. The molecule has 3 aromatic rings. The molecule has 0 saturated heterocycles. The zero-order valence-electron chi connectivity index (χ0n) is 16.6. The van der Waals surface area contributed by atoms with Gasteiger partial charge in [0.2, 0.25) is 5.95 Å². The van der Waals surface area contributed by atoms with E-state index >= 15 is 0 Å². The average molecular weight is 439 g/mol. The molecule has 0 saturated carbocycles. The highest BCUT2D eigenvalue weighted by molar-refractivity contribution is 6.33. The molecule has 1 aromatic heterocycles. The SMILES string of the molecule is CC1(C)CC(=O)C2=C(C1)Nc1nc(-c3ccccc3Cl)nn1C2c1ccc(Cl)cc1. The van der Waals surface area contributed by atoms with E-state index in [2.05, 4.69) is 19.2 Å².